The average molecular weight is 311 g/mol. The Balaban J connectivity index is 0.00000133. The number of benzene rings is 1. The van der Waals surface area contributed by atoms with Gasteiger partial charge in [-0.1, -0.05) is 6.42 Å². The molecule has 0 N–H and O–H groups in total. The van der Waals surface area contributed by atoms with Crippen LogP contribution in [0.1, 0.15) is 30.1 Å². The molecule has 0 saturated heterocycles. The maximum absolute atomic E-state index is 13.2. The molecule has 2 aromatic rings. The van der Waals surface area contributed by atoms with Crippen molar-refractivity contribution in [1.82, 2.24) is 0 Å². The van der Waals surface area contributed by atoms with E-state index in [1.807, 2.05) is 0 Å². The van der Waals surface area contributed by atoms with E-state index in [1.165, 1.54) is 12.1 Å². The van der Waals surface area contributed by atoms with Crippen LogP contribution in [0.15, 0.2) is 24.3 Å². The molecule has 0 amide bonds. The predicted molar refractivity (Wildman–Crippen MR) is 64.3 cm³/mol. The quantitative estimate of drug-likeness (QED) is 0.561. The van der Waals surface area contributed by atoms with Crippen LogP contribution >= 0.6 is 10.5 Å². The minimum atomic E-state index is -4.31. The molecule has 1 saturated carbocycles. The molecule has 104 valence electrons. The molecule has 6 heteroatoms. The van der Waals surface area contributed by atoms with E-state index in [2.05, 4.69) is 0 Å². The lowest BCUT2D eigenvalue weighted by Gasteiger charge is -2.21. The number of hydrogen-bond acceptors (Lipinski definition) is 0. The monoisotopic (exact) mass is 310 g/mol. The van der Waals surface area contributed by atoms with Gasteiger partial charge in [0.1, 0.15) is 5.82 Å². The molecule has 1 atom stereocenters. The van der Waals surface area contributed by atoms with Gasteiger partial charge in [0.2, 0.25) is 0 Å². The van der Waals surface area contributed by atoms with Gasteiger partial charge in [-0.2, -0.15) is 0 Å². The Bertz CT molecular complexity index is 598. The highest BCUT2D eigenvalue weighted by Crippen LogP contribution is 2.56. The zero-order valence-corrected chi connectivity index (χ0v) is 11.4. The van der Waals surface area contributed by atoms with Crippen molar-refractivity contribution in [2.75, 3.05) is 0 Å². The number of rotatable bonds is 1. The van der Waals surface area contributed by atoms with E-state index in [4.69, 9.17) is 0 Å². The summed E-state index contributed by atoms with van der Waals surface area (Å²) in [6.45, 7) is 0. The van der Waals surface area contributed by atoms with Crippen LogP contribution in [-0.2, 0) is 5.51 Å². The first-order valence-corrected chi connectivity index (χ1v) is 7.01. The van der Waals surface area contributed by atoms with Crippen molar-refractivity contribution in [3.8, 4) is 0 Å². The first-order chi connectivity index (χ1) is 8.47. The highest BCUT2D eigenvalue weighted by molar-refractivity contribution is 7.38. The van der Waals surface area contributed by atoms with Crippen molar-refractivity contribution in [1.29, 1.82) is 0 Å². The van der Waals surface area contributed by atoms with Gasteiger partial charge in [-0.3, -0.25) is 0 Å². The van der Waals surface area contributed by atoms with Crippen LogP contribution in [0.5, 0.6) is 0 Å². The van der Waals surface area contributed by atoms with E-state index in [1.54, 1.807) is 6.07 Å². The van der Waals surface area contributed by atoms with Crippen molar-refractivity contribution in [3.63, 3.8) is 0 Å². The Morgan fingerprint density at radius 2 is 1.79 bits per heavy atom. The molecule has 0 radical (unpaired) electrons. The molecule has 0 spiro atoms. The second-order valence-corrected chi connectivity index (χ2v) is 6.60. The molecule has 0 nitrogen and oxygen atoms in total. The summed E-state index contributed by atoms with van der Waals surface area (Å²) in [5.41, 5.74) is -4.31. The number of alkyl halides is 3. The average Bonchev–Trinajstić information content (AvgIpc) is 2.51. The van der Waals surface area contributed by atoms with Crippen LogP contribution in [0.4, 0.5) is 17.6 Å². The largest absolute Gasteiger partial charge is 1.00 e. The van der Waals surface area contributed by atoms with Crippen molar-refractivity contribution in [3.05, 3.63) is 35.0 Å². The molecular weight excluding hydrogens is 300 g/mol. The molecule has 1 unspecified atom stereocenters. The molecular formula is C13H11ClF4S. The molecule has 19 heavy (non-hydrogen) atoms. The fourth-order valence-corrected chi connectivity index (χ4v) is 4.56. The van der Waals surface area contributed by atoms with Gasteiger partial charge in [-0.25, -0.2) is 4.39 Å². The van der Waals surface area contributed by atoms with E-state index >= 15 is 0 Å². The number of fused-ring (bicyclic) bond motifs is 1. The molecule has 1 fully saturated rings. The maximum Gasteiger partial charge on any atom is 0.600 e. The Kier molecular flexibility index (Phi) is 3.80. The zero-order valence-electron chi connectivity index (χ0n) is 9.81. The van der Waals surface area contributed by atoms with Crippen LogP contribution in [-0.4, -0.2) is 0 Å². The van der Waals surface area contributed by atoms with Crippen LogP contribution in [0.25, 0.3) is 10.1 Å². The summed E-state index contributed by atoms with van der Waals surface area (Å²) in [5, 5.41) is 0.527. The fraction of sp³-hybridized carbons (Fsp3) is 0.385. The lowest BCUT2D eigenvalue weighted by Crippen LogP contribution is -3.00. The first-order valence-electron chi connectivity index (χ1n) is 5.79. The number of halogens is 5. The van der Waals surface area contributed by atoms with Crippen molar-refractivity contribution < 1.29 is 30.0 Å². The predicted octanol–water partition coefficient (Wildman–Crippen LogP) is 2.48. The molecule has 1 aliphatic carbocycles. The van der Waals surface area contributed by atoms with Crippen LogP contribution < -0.4 is 12.4 Å². The zero-order chi connectivity index (χ0) is 12.9. The topological polar surface area (TPSA) is 0 Å². The van der Waals surface area contributed by atoms with Crippen molar-refractivity contribution in [2.24, 2.45) is 0 Å². The van der Waals surface area contributed by atoms with Gasteiger partial charge >= 0.3 is 5.51 Å². The minimum Gasteiger partial charge on any atom is -1.00 e. The normalized spacial score (nSPS) is 17.2. The Hall–Kier alpha value is -0.810. The second kappa shape index (κ2) is 4.94. The lowest BCUT2D eigenvalue weighted by molar-refractivity contribution is -0.0868. The SMILES string of the molecule is Fc1ccc2cc(C3CCC3)[s+](C(F)(F)F)c2c1.[Cl-]. The van der Waals surface area contributed by atoms with Gasteiger partial charge in [-0.05, 0) is 25.0 Å². The van der Waals surface area contributed by atoms with Gasteiger partial charge in [0.05, 0.1) is 10.5 Å². The van der Waals surface area contributed by atoms with Crippen molar-refractivity contribution in [2.45, 2.75) is 30.7 Å². The van der Waals surface area contributed by atoms with E-state index in [9.17, 15) is 17.6 Å². The smallest absolute Gasteiger partial charge is 0.600 e. The summed E-state index contributed by atoms with van der Waals surface area (Å²) >= 11 is 0. The molecule has 3 rings (SSSR count). The summed E-state index contributed by atoms with van der Waals surface area (Å²) in [7, 11) is -1.93. The third kappa shape index (κ3) is 2.46. The summed E-state index contributed by atoms with van der Waals surface area (Å²) in [6.07, 6.45) is 2.63. The van der Waals surface area contributed by atoms with Gasteiger partial charge in [-0.15, -0.1) is 13.2 Å². The highest BCUT2D eigenvalue weighted by Gasteiger charge is 2.50. The fourth-order valence-electron chi connectivity index (χ4n) is 2.38. The third-order valence-electron chi connectivity index (χ3n) is 3.47. The van der Waals surface area contributed by atoms with Gasteiger partial charge < -0.3 is 12.4 Å². The molecule has 1 aliphatic rings. The summed E-state index contributed by atoms with van der Waals surface area (Å²) in [5.74, 6) is -0.566. The Morgan fingerprint density at radius 1 is 1.11 bits per heavy atom. The Morgan fingerprint density at radius 3 is 2.32 bits per heavy atom. The van der Waals surface area contributed by atoms with Crippen LogP contribution in [0.3, 0.4) is 0 Å². The van der Waals surface area contributed by atoms with E-state index < -0.39 is 21.8 Å². The molecule has 0 bridgehead atoms. The van der Waals surface area contributed by atoms with Gasteiger partial charge in [0, 0.05) is 23.4 Å². The molecule has 1 aromatic heterocycles. The highest BCUT2D eigenvalue weighted by atomic mass is 35.5. The van der Waals surface area contributed by atoms with Gasteiger partial charge in [0.25, 0.3) is 0 Å². The third-order valence-corrected chi connectivity index (χ3v) is 5.65. The second-order valence-electron chi connectivity index (χ2n) is 4.61. The Labute approximate surface area is 116 Å². The molecule has 1 aromatic carbocycles. The lowest BCUT2D eigenvalue weighted by atomic mass is 9.84. The maximum atomic E-state index is 13.2. The van der Waals surface area contributed by atoms with Crippen LogP contribution in [0.2, 0.25) is 0 Å². The summed E-state index contributed by atoms with van der Waals surface area (Å²) in [6, 6.07) is 5.32. The summed E-state index contributed by atoms with van der Waals surface area (Å²) < 4.78 is 52.8. The van der Waals surface area contributed by atoms with E-state index in [-0.39, 0.29) is 23.0 Å². The number of hydrogen-bond donors (Lipinski definition) is 0. The van der Waals surface area contributed by atoms with E-state index in [0.29, 0.717) is 10.3 Å². The molecule has 0 aliphatic heterocycles. The van der Waals surface area contributed by atoms with Gasteiger partial charge in [0.15, 0.2) is 9.58 Å². The first kappa shape index (κ1) is 14.6. The minimum absolute atomic E-state index is 0. The number of thiophene rings is 1. The molecule has 1 heterocycles. The van der Waals surface area contributed by atoms with Crippen LogP contribution in [0, 0.1) is 5.82 Å². The van der Waals surface area contributed by atoms with Crippen molar-refractivity contribution >= 4 is 20.6 Å². The standard InChI is InChI=1S/C13H11F4S.ClH/c14-10-5-4-9-6-11(8-2-1-3-8)18(12(9)7-10)13(15,16)17;/h4-8H,1-3H2;1H/q+1;/p-1. The summed E-state index contributed by atoms with van der Waals surface area (Å²) in [4.78, 5) is 0.453. The van der Waals surface area contributed by atoms with E-state index in [0.717, 1.165) is 25.3 Å².